The van der Waals surface area contributed by atoms with Gasteiger partial charge in [0.05, 0.1) is 6.42 Å². The molecular formula is C20H21NO4. The Morgan fingerprint density at radius 2 is 1.84 bits per heavy atom. The summed E-state index contributed by atoms with van der Waals surface area (Å²) < 4.78 is 5.85. The third-order valence-corrected chi connectivity index (χ3v) is 3.49. The van der Waals surface area contributed by atoms with Crippen LogP contribution in [0.3, 0.4) is 0 Å². The van der Waals surface area contributed by atoms with E-state index in [4.69, 9.17) is 9.84 Å². The number of ether oxygens (including phenoxy) is 1. The van der Waals surface area contributed by atoms with E-state index in [0.717, 1.165) is 11.1 Å². The number of rotatable bonds is 8. The fourth-order valence-electron chi connectivity index (χ4n) is 2.11. The molecule has 0 unspecified atom stereocenters. The first kappa shape index (κ1) is 18.3. The van der Waals surface area contributed by atoms with Gasteiger partial charge in [0.15, 0.2) is 0 Å². The predicted molar refractivity (Wildman–Crippen MR) is 96.2 cm³/mol. The first-order valence-electron chi connectivity index (χ1n) is 7.99. The van der Waals surface area contributed by atoms with Crippen molar-refractivity contribution in [3.8, 4) is 5.75 Å². The Morgan fingerprint density at radius 1 is 1.12 bits per heavy atom. The van der Waals surface area contributed by atoms with Gasteiger partial charge in [-0.25, -0.2) is 0 Å². The number of carbonyl (C=O) groups is 2. The van der Waals surface area contributed by atoms with Gasteiger partial charge in [0.2, 0.25) is 5.91 Å². The van der Waals surface area contributed by atoms with Crippen LogP contribution in [-0.4, -0.2) is 23.5 Å². The molecule has 2 N–H and O–H groups in total. The van der Waals surface area contributed by atoms with Crippen LogP contribution in [0.5, 0.6) is 5.75 Å². The lowest BCUT2D eigenvalue weighted by Gasteiger charge is -2.09. The highest BCUT2D eigenvalue weighted by atomic mass is 16.5. The van der Waals surface area contributed by atoms with Crippen LogP contribution in [0, 0.1) is 6.92 Å². The summed E-state index contributed by atoms with van der Waals surface area (Å²) in [5.41, 5.74) is 3.04. The molecule has 0 saturated carbocycles. The fourth-order valence-corrected chi connectivity index (χ4v) is 2.11. The Bertz CT molecular complexity index is 751. The first-order valence-corrected chi connectivity index (χ1v) is 7.99. The summed E-state index contributed by atoms with van der Waals surface area (Å²) in [5, 5.41) is 11.1. The highest BCUT2D eigenvalue weighted by Crippen LogP contribution is 2.20. The molecule has 1 amide bonds. The molecule has 0 aliphatic carbocycles. The van der Waals surface area contributed by atoms with Gasteiger partial charge in [0.25, 0.3) is 0 Å². The SMILES string of the molecule is Cc1ccc(COc2ccccc2/C=C/C(=O)NCCC(=O)O)cc1. The van der Waals surface area contributed by atoms with Crippen molar-refractivity contribution in [2.75, 3.05) is 6.54 Å². The molecule has 130 valence electrons. The number of amides is 1. The number of benzene rings is 2. The lowest BCUT2D eigenvalue weighted by atomic mass is 10.1. The van der Waals surface area contributed by atoms with Crippen molar-refractivity contribution in [2.24, 2.45) is 0 Å². The van der Waals surface area contributed by atoms with E-state index in [1.54, 1.807) is 6.08 Å². The number of carboxylic acids is 1. The molecule has 0 saturated heterocycles. The zero-order valence-electron chi connectivity index (χ0n) is 14.1. The zero-order valence-corrected chi connectivity index (χ0v) is 14.1. The van der Waals surface area contributed by atoms with Gasteiger partial charge in [-0.05, 0) is 24.6 Å². The molecule has 5 heteroatoms. The number of nitrogens with one attached hydrogen (secondary N) is 1. The molecule has 25 heavy (non-hydrogen) atoms. The summed E-state index contributed by atoms with van der Waals surface area (Å²) in [6.45, 7) is 2.58. The van der Waals surface area contributed by atoms with Crippen molar-refractivity contribution in [1.29, 1.82) is 0 Å². The molecule has 0 bridgehead atoms. The summed E-state index contributed by atoms with van der Waals surface area (Å²) in [6, 6.07) is 15.5. The van der Waals surface area contributed by atoms with E-state index in [2.05, 4.69) is 5.32 Å². The molecule has 0 radical (unpaired) electrons. The minimum absolute atomic E-state index is 0.101. The van der Waals surface area contributed by atoms with Crippen molar-refractivity contribution in [3.63, 3.8) is 0 Å². The second-order valence-electron chi connectivity index (χ2n) is 5.58. The predicted octanol–water partition coefficient (Wildman–Crippen LogP) is 3.18. The van der Waals surface area contributed by atoms with Crippen molar-refractivity contribution in [2.45, 2.75) is 20.0 Å². The lowest BCUT2D eigenvalue weighted by molar-refractivity contribution is -0.136. The molecular weight excluding hydrogens is 318 g/mol. The number of aliphatic carboxylic acids is 1. The molecule has 0 fully saturated rings. The number of hydrogen-bond acceptors (Lipinski definition) is 3. The molecule has 2 aromatic rings. The van der Waals surface area contributed by atoms with E-state index in [9.17, 15) is 9.59 Å². The quantitative estimate of drug-likeness (QED) is 0.724. The Labute approximate surface area is 146 Å². The second kappa shape index (κ2) is 9.27. The standard InChI is InChI=1S/C20H21NO4/c1-15-6-8-16(9-7-15)14-25-18-5-3-2-4-17(18)10-11-19(22)21-13-12-20(23)24/h2-11H,12-14H2,1H3,(H,21,22)(H,23,24)/b11-10+. The highest BCUT2D eigenvalue weighted by molar-refractivity contribution is 5.92. The Hall–Kier alpha value is -3.08. The van der Waals surface area contributed by atoms with Crippen molar-refractivity contribution in [1.82, 2.24) is 5.32 Å². The van der Waals surface area contributed by atoms with Crippen LogP contribution in [0.1, 0.15) is 23.1 Å². The van der Waals surface area contributed by atoms with E-state index in [0.29, 0.717) is 12.4 Å². The van der Waals surface area contributed by atoms with Crippen LogP contribution in [0.4, 0.5) is 0 Å². The van der Waals surface area contributed by atoms with Gasteiger partial charge in [0.1, 0.15) is 12.4 Å². The van der Waals surface area contributed by atoms with Crippen LogP contribution in [-0.2, 0) is 16.2 Å². The monoisotopic (exact) mass is 339 g/mol. The van der Waals surface area contributed by atoms with E-state index in [-0.39, 0.29) is 18.9 Å². The summed E-state index contributed by atoms with van der Waals surface area (Å²) in [5.74, 6) is -0.605. The Morgan fingerprint density at radius 3 is 2.56 bits per heavy atom. The van der Waals surface area contributed by atoms with Crippen LogP contribution in [0.2, 0.25) is 0 Å². The normalized spacial score (nSPS) is 10.6. The average Bonchev–Trinajstić information content (AvgIpc) is 2.60. The fraction of sp³-hybridized carbons (Fsp3) is 0.200. The summed E-state index contributed by atoms with van der Waals surface area (Å²) in [7, 11) is 0. The Kier molecular flexibility index (Phi) is 6.77. The average molecular weight is 339 g/mol. The molecule has 0 atom stereocenters. The number of hydrogen-bond donors (Lipinski definition) is 2. The molecule has 0 spiro atoms. The Balaban J connectivity index is 1.95. The molecule has 0 heterocycles. The maximum atomic E-state index is 11.7. The van der Waals surface area contributed by atoms with E-state index in [1.165, 1.54) is 11.6 Å². The summed E-state index contributed by atoms with van der Waals surface area (Å²) in [4.78, 5) is 22.1. The van der Waals surface area contributed by atoms with Crippen LogP contribution in [0.15, 0.2) is 54.6 Å². The molecule has 0 aromatic heterocycles. The molecule has 2 aromatic carbocycles. The van der Waals surface area contributed by atoms with Gasteiger partial charge in [-0.15, -0.1) is 0 Å². The number of carboxylic acid groups (broad SMARTS) is 1. The first-order chi connectivity index (χ1) is 12.0. The third-order valence-electron chi connectivity index (χ3n) is 3.49. The van der Waals surface area contributed by atoms with Crippen LogP contribution >= 0.6 is 0 Å². The molecule has 2 rings (SSSR count). The number of aryl methyl sites for hydroxylation is 1. The minimum atomic E-state index is -0.945. The van der Waals surface area contributed by atoms with Gasteiger partial charge in [-0.3, -0.25) is 9.59 Å². The second-order valence-corrected chi connectivity index (χ2v) is 5.58. The highest BCUT2D eigenvalue weighted by Gasteiger charge is 2.03. The topological polar surface area (TPSA) is 75.6 Å². The third kappa shape index (κ3) is 6.51. The smallest absolute Gasteiger partial charge is 0.305 e. The van der Waals surface area contributed by atoms with Gasteiger partial charge in [-0.1, -0.05) is 48.0 Å². The maximum absolute atomic E-state index is 11.7. The largest absolute Gasteiger partial charge is 0.488 e. The summed E-state index contributed by atoms with van der Waals surface area (Å²) >= 11 is 0. The zero-order chi connectivity index (χ0) is 18.1. The van der Waals surface area contributed by atoms with Crippen molar-refractivity contribution in [3.05, 3.63) is 71.3 Å². The van der Waals surface area contributed by atoms with E-state index in [1.807, 2.05) is 55.5 Å². The summed E-state index contributed by atoms with van der Waals surface area (Å²) in [6.07, 6.45) is 2.92. The molecule has 0 aliphatic rings. The van der Waals surface area contributed by atoms with E-state index < -0.39 is 5.97 Å². The van der Waals surface area contributed by atoms with Crippen molar-refractivity contribution >= 4 is 18.0 Å². The van der Waals surface area contributed by atoms with Crippen LogP contribution in [0.25, 0.3) is 6.08 Å². The van der Waals surface area contributed by atoms with Gasteiger partial charge < -0.3 is 15.2 Å². The lowest BCUT2D eigenvalue weighted by Crippen LogP contribution is -2.23. The van der Waals surface area contributed by atoms with Gasteiger partial charge in [0, 0.05) is 18.2 Å². The maximum Gasteiger partial charge on any atom is 0.305 e. The molecule has 5 nitrogen and oxygen atoms in total. The molecule has 0 aliphatic heterocycles. The minimum Gasteiger partial charge on any atom is -0.488 e. The number of para-hydroxylation sites is 1. The number of carbonyl (C=O) groups excluding carboxylic acids is 1. The van der Waals surface area contributed by atoms with E-state index >= 15 is 0 Å². The van der Waals surface area contributed by atoms with Gasteiger partial charge in [-0.2, -0.15) is 0 Å². The van der Waals surface area contributed by atoms with Crippen LogP contribution < -0.4 is 10.1 Å². The van der Waals surface area contributed by atoms with Crippen molar-refractivity contribution < 1.29 is 19.4 Å². The van der Waals surface area contributed by atoms with Gasteiger partial charge >= 0.3 is 5.97 Å².